The number of allylic oxidation sites excluding steroid dienone is 9. The predicted molar refractivity (Wildman–Crippen MR) is 112 cm³/mol. The van der Waals surface area contributed by atoms with Gasteiger partial charge in [0.05, 0.1) is 0 Å². The minimum absolute atomic E-state index is 0.0798. The Morgan fingerprint density at radius 2 is 2.04 bits per heavy atom. The largest absolute Gasteiger partial charge is 0.327 e. The SMILES string of the molecule is CCC[C@@]1(C)CC=C(C2C=CC=C(C(C)=O)C=C2)CC(C)(C)/C1=C/CN. The molecule has 0 fully saturated rings. The second-order valence-corrected chi connectivity index (χ2v) is 8.66. The van der Waals surface area contributed by atoms with Gasteiger partial charge in [-0.2, -0.15) is 0 Å². The third kappa shape index (κ3) is 4.54. The van der Waals surface area contributed by atoms with Gasteiger partial charge in [0.25, 0.3) is 0 Å². The van der Waals surface area contributed by atoms with Crippen molar-refractivity contribution < 1.29 is 4.79 Å². The Morgan fingerprint density at radius 1 is 1.31 bits per heavy atom. The summed E-state index contributed by atoms with van der Waals surface area (Å²) in [5.41, 5.74) is 9.91. The van der Waals surface area contributed by atoms with E-state index in [1.807, 2.05) is 18.2 Å². The third-order valence-electron chi connectivity index (χ3n) is 5.88. The van der Waals surface area contributed by atoms with Gasteiger partial charge in [-0.05, 0) is 37.0 Å². The molecule has 0 heterocycles. The molecular formula is C24H35NO. The summed E-state index contributed by atoms with van der Waals surface area (Å²) in [6.45, 7) is 11.6. The fraction of sp³-hybridized carbons (Fsp3) is 0.542. The quantitative estimate of drug-likeness (QED) is 0.646. The molecule has 0 amide bonds. The lowest BCUT2D eigenvalue weighted by molar-refractivity contribution is -0.113. The number of ketones is 1. The minimum atomic E-state index is 0.0798. The van der Waals surface area contributed by atoms with E-state index in [1.54, 1.807) is 6.92 Å². The predicted octanol–water partition coefficient (Wildman–Crippen LogP) is 5.68. The zero-order valence-corrected chi connectivity index (χ0v) is 17.1. The van der Waals surface area contributed by atoms with Gasteiger partial charge in [-0.1, -0.05) is 87.8 Å². The van der Waals surface area contributed by atoms with Crippen molar-refractivity contribution >= 4 is 5.78 Å². The summed E-state index contributed by atoms with van der Waals surface area (Å²) < 4.78 is 0. The fourth-order valence-electron chi connectivity index (χ4n) is 4.73. The minimum Gasteiger partial charge on any atom is -0.327 e. The Morgan fingerprint density at radius 3 is 2.65 bits per heavy atom. The maximum Gasteiger partial charge on any atom is 0.159 e. The Labute approximate surface area is 159 Å². The molecular weight excluding hydrogens is 318 g/mol. The number of Topliss-reactive ketones (excluding diaryl/α,β-unsaturated/α-hetero) is 1. The van der Waals surface area contributed by atoms with E-state index in [0.29, 0.717) is 6.54 Å². The van der Waals surface area contributed by atoms with Gasteiger partial charge in [-0.15, -0.1) is 0 Å². The highest BCUT2D eigenvalue weighted by molar-refractivity contribution is 5.96. The molecule has 2 rings (SSSR count). The standard InChI is InChI=1S/C24H35NO/c1-6-14-24(5)15-12-21(17-23(3,4)22(24)13-16-25)20-9-7-8-19(10-11-20)18(2)26/h7-13,20H,6,14-17,25H2,1-5H3/b22-13-/t20?,24-/m0/s1. The Hall–Kier alpha value is -1.67. The first-order valence-corrected chi connectivity index (χ1v) is 9.91. The van der Waals surface area contributed by atoms with Gasteiger partial charge in [-0.25, -0.2) is 0 Å². The maximum atomic E-state index is 11.7. The molecule has 2 aliphatic carbocycles. The van der Waals surface area contributed by atoms with Gasteiger partial charge < -0.3 is 5.73 Å². The van der Waals surface area contributed by atoms with Gasteiger partial charge in [-0.3, -0.25) is 4.79 Å². The van der Waals surface area contributed by atoms with Crippen LogP contribution in [-0.2, 0) is 4.79 Å². The summed E-state index contributed by atoms with van der Waals surface area (Å²) in [6, 6.07) is 0. The molecule has 2 nitrogen and oxygen atoms in total. The number of nitrogens with two attached hydrogens (primary N) is 1. The van der Waals surface area contributed by atoms with Gasteiger partial charge in [0.1, 0.15) is 0 Å². The van der Waals surface area contributed by atoms with Crippen LogP contribution in [0.2, 0.25) is 0 Å². The highest BCUT2D eigenvalue weighted by atomic mass is 16.1. The van der Waals surface area contributed by atoms with Crippen LogP contribution in [0, 0.1) is 16.7 Å². The first kappa shape index (κ1) is 20.6. The molecule has 0 aromatic heterocycles. The van der Waals surface area contributed by atoms with E-state index in [4.69, 9.17) is 5.73 Å². The zero-order chi connectivity index (χ0) is 19.4. The molecule has 0 aromatic rings. The number of carbonyl (C=O) groups is 1. The average molecular weight is 354 g/mol. The molecule has 0 spiro atoms. The van der Waals surface area contributed by atoms with Crippen molar-refractivity contribution in [2.45, 2.75) is 60.3 Å². The molecule has 2 aliphatic rings. The zero-order valence-electron chi connectivity index (χ0n) is 17.1. The molecule has 0 bridgehead atoms. The summed E-state index contributed by atoms with van der Waals surface area (Å²) in [7, 11) is 0. The van der Waals surface area contributed by atoms with Gasteiger partial charge in [0.15, 0.2) is 5.78 Å². The van der Waals surface area contributed by atoms with Crippen molar-refractivity contribution in [1.82, 2.24) is 0 Å². The Bertz CT molecular complexity index is 687. The van der Waals surface area contributed by atoms with Crippen LogP contribution in [0.25, 0.3) is 0 Å². The van der Waals surface area contributed by atoms with E-state index >= 15 is 0 Å². The van der Waals surface area contributed by atoms with Crippen LogP contribution in [0.5, 0.6) is 0 Å². The highest BCUT2D eigenvalue weighted by Gasteiger charge is 2.39. The molecule has 142 valence electrons. The molecule has 0 saturated carbocycles. The topological polar surface area (TPSA) is 43.1 Å². The molecule has 2 N–H and O–H groups in total. The Balaban J connectivity index is 2.38. The third-order valence-corrected chi connectivity index (χ3v) is 5.88. The second kappa shape index (κ2) is 8.35. The lowest BCUT2D eigenvalue weighted by atomic mass is 9.65. The fourth-order valence-corrected chi connectivity index (χ4v) is 4.73. The van der Waals surface area contributed by atoms with E-state index in [9.17, 15) is 4.79 Å². The molecule has 0 radical (unpaired) electrons. The van der Waals surface area contributed by atoms with E-state index in [2.05, 4.69) is 52.0 Å². The molecule has 0 aliphatic heterocycles. The van der Waals surface area contributed by atoms with Crippen molar-refractivity contribution in [3.05, 3.63) is 59.3 Å². The molecule has 2 atom stereocenters. The normalized spacial score (nSPS) is 29.8. The summed E-state index contributed by atoms with van der Waals surface area (Å²) in [5.74, 6) is 0.371. The lowest BCUT2D eigenvalue weighted by Gasteiger charge is -2.40. The molecule has 0 aromatic carbocycles. The first-order valence-electron chi connectivity index (χ1n) is 9.91. The summed E-state index contributed by atoms with van der Waals surface area (Å²) in [5, 5.41) is 0. The van der Waals surface area contributed by atoms with E-state index in [0.717, 1.165) is 18.4 Å². The monoisotopic (exact) mass is 353 g/mol. The average Bonchev–Trinajstić information content (AvgIpc) is 2.86. The number of hydrogen-bond acceptors (Lipinski definition) is 2. The molecule has 26 heavy (non-hydrogen) atoms. The maximum absolute atomic E-state index is 11.7. The highest BCUT2D eigenvalue weighted by Crippen LogP contribution is 2.51. The van der Waals surface area contributed by atoms with Crippen LogP contribution in [-0.4, -0.2) is 12.3 Å². The van der Waals surface area contributed by atoms with Crippen molar-refractivity contribution in [2.75, 3.05) is 6.54 Å². The van der Waals surface area contributed by atoms with Crippen LogP contribution in [0.4, 0.5) is 0 Å². The number of carbonyl (C=O) groups excluding carboxylic acids is 1. The van der Waals surface area contributed by atoms with Crippen molar-refractivity contribution in [3.8, 4) is 0 Å². The number of hydrogen-bond donors (Lipinski definition) is 1. The van der Waals surface area contributed by atoms with Crippen LogP contribution in [0.1, 0.15) is 60.3 Å². The van der Waals surface area contributed by atoms with Gasteiger partial charge in [0, 0.05) is 18.0 Å². The molecule has 2 heteroatoms. The van der Waals surface area contributed by atoms with E-state index in [1.165, 1.54) is 24.0 Å². The van der Waals surface area contributed by atoms with Gasteiger partial charge in [0.2, 0.25) is 0 Å². The van der Waals surface area contributed by atoms with Crippen LogP contribution < -0.4 is 5.73 Å². The number of rotatable bonds is 5. The van der Waals surface area contributed by atoms with Crippen molar-refractivity contribution in [1.29, 1.82) is 0 Å². The first-order chi connectivity index (χ1) is 12.2. The van der Waals surface area contributed by atoms with E-state index < -0.39 is 0 Å². The molecule has 0 saturated heterocycles. The summed E-state index contributed by atoms with van der Waals surface area (Å²) in [6.07, 6.45) is 19.5. The van der Waals surface area contributed by atoms with E-state index in [-0.39, 0.29) is 22.5 Å². The van der Waals surface area contributed by atoms with Crippen molar-refractivity contribution in [2.24, 2.45) is 22.5 Å². The van der Waals surface area contributed by atoms with Crippen LogP contribution in [0.15, 0.2) is 59.3 Å². The lowest BCUT2D eigenvalue weighted by Crippen LogP contribution is -2.29. The van der Waals surface area contributed by atoms with Crippen molar-refractivity contribution in [3.63, 3.8) is 0 Å². The van der Waals surface area contributed by atoms with Crippen LogP contribution >= 0.6 is 0 Å². The second-order valence-electron chi connectivity index (χ2n) is 8.66. The smallest absolute Gasteiger partial charge is 0.159 e. The molecule has 1 unspecified atom stereocenters. The van der Waals surface area contributed by atoms with Crippen LogP contribution in [0.3, 0.4) is 0 Å². The van der Waals surface area contributed by atoms with Gasteiger partial charge >= 0.3 is 0 Å². The Kier molecular flexibility index (Phi) is 6.63. The summed E-state index contributed by atoms with van der Waals surface area (Å²) in [4.78, 5) is 11.7. The summed E-state index contributed by atoms with van der Waals surface area (Å²) >= 11 is 0.